The van der Waals surface area contributed by atoms with Crippen molar-refractivity contribution in [2.75, 3.05) is 18.1 Å². The Balaban J connectivity index is 2.30. The van der Waals surface area contributed by atoms with Gasteiger partial charge >= 0.3 is 0 Å². The standard InChI is InChI=1S/C14H21N3OS/c1-10-8-11(14(15)19)9-13(16-10)17-6-3-2-4-12(17)5-7-18/h8-9,12,18H,2-7H2,1H3,(H2,15,19). The van der Waals surface area contributed by atoms with Crippen LogP contribution in [0, 0.1) is 6.92 Å². The molecule has 1 aromatic heterocycles. The number of piperidine rings is 1. The third kappa shape index (κ3) is 3.42. The van der Waals surface area contributed by atoms with E-state index in [9.17, 15) is 5.11 Å². The van der Waals surface area contributed by atoms with Crippen LogP contribution in [0.3, 0.4) is 0 Å². The molecule has 1 aromatic rings. The van der Waals surface area contributed by atoms with Gasteiger partial charge in [-0.3, -0.25) is 0 Å². The van der Waals surface area contributed by atoms with Crippen molar-refractivity contribution in [1.29, 1.82) is 0 Å². The van der Waals surface area contributed by atoms with Crippen LogP contribution in [0.2, 0.25) is 0 Å². The fourth-order valence-corrected chi connectivity index (χ4v) is 2.81. The van der Waals surface area contributed by atoms with Crippen molar-refractivity contribution in [3.05, 3.63) is 23.4 Å². The molecule has 0 spiro atoms. The lowest BCUT2D eigenvalue weighted by Crippen LogP contribution is -2.40. The normalized spacial score (nSPS) is 19.5. The maximum absolute atomic E-state index is 9.19. The van der Waals surface area contributed by atoms with Gasteiger partial charge in [-0.15, -0.1) is 0 Å². The van der Waals surface area contributed by atoms with Crippen LogP contribution in [0.4, 0.5) is 5.82 Å². The lowest BCUT2D eigenvalue weighted by Gasteiger charge is -2.36. The highest BCUT2D eigenvalue weighted by Crippen LogP contribution is 2.26. The van der Waals surface area contributed by atoms with Crippen molar-refractivity contribution in [1.82, 2.24) is 4.98 Å². The summed E-state index contributed by atoms with van der Waals surface area (Å²) >= 11 is 5.05. The topological polar surface area (TPSA) is 62.4 Å². The van der Waals surface area contributed by atoms with Gasteiger partial charge in [0.1, 0.15) is 10.8 Å². The number of nitrogens with zero attached hydrogens (tertiary/aromatic N) is 2. The molecule has 3 N–H and O–H groups in total. The zero-order chi connectivity index (χ0) is 13.8. The molecular formula is C14H21N3OS. The molecule has 0 aromatic carbocycles. The van der Waals surface area contributed by atoms with Crippen molar-refractivity contribution < 1.29 is 5.11 Å². The number of aliphatic hydroxyl groups is 1. The molecule has 0 aliphatic carbocycles. The van der Waals surface area contributed by atoms with Crippen LogP contribution in [0.1, 0.15) is 36.9 Å². The number of pyridine rings is 1. The van der Waals surface area contributed by atoms with E-state index < -0.39 is 0 Å². The number of hydrogen-bond donors (Lipinski definition) is 2. The highest BCUT2D eigenvalue weighted by molar-refractivity contribution is 7.80. The SMILES string of the molecule is Cc1cc(C(N)=S)cc(N2CCCCC2CCO)n1. The van der Waals surface area contributed by atoms with Crippen LogP contribution < -0.4 is 10.6 Å². The zero-order valence-corrected chi connectivity index (χ0v) is 12.1. The summed E-state index contributed by atoms with van der Waals surface area (Å²) in [6, 6.07) is 4.24. The summed E-state index contributed by atoms with van der Waals surface area (Å²) in [6.45, 7) is 3.16. The molecule has 0 saturated carbocycles. The van der Waals surface area contributed by atoms with Gasteiger partial charge in [0.05, 0.1) is 0 Å². The van der Waals surface area contributed by atoms with Gasteiger partial charge in [0.15, 0.2) is 0 Å². The van der Waals surface area contributed by atoms with Crippen molar-refractivity contribution in [2.45, 2.75) is 38.6 Å². The molecule has 0 radical (unpaired) electrons. The molecule has 0 bridgehead atoms. The number of hydrogen-bond acceptors (Lipinski definition) is 4. The molecule has 1 fully saturated rings. The summed E-state index contributed by atoms with van der Waals surface area (Å²) < 4.78 is 0. The molecular weight excluding hydrogens is 258 g/mol. The van der Waals surface area contributed by atoms with E-state index in [1.807, 2.05) is 19.1 Å². The maximum atomic E-state index is 9.19. The molecule has 2 heterocycles. The Morgan fingerprint density at radius 1 is 1.53 bits per heavy atom. The summed E-state index contributed by atoms with van der Waals surface area (Å²) in [6.07, 6.45) is 4.28. The predicted molar refractivity (Wildman–Crippen MR) is 81.5 cm³/mol. The minimum atomic E-state index is 0.217. The summed E-state index contributed by atoms with van der Waals surface area (Å²) in [5.74, 6) is 0.931. The van der Waals surface area contributed by atoms with E-state index in [0.717, 1.165) is 36.5 Å². The summed E-state index contributed by atoms with van der Waals surface area (Å²) in [4.78, 5) is 7.29. The molecule has 5 heteroatoms. The molecule has 1 aliphatic heterocycles. The molecule has 1 aliphatic rings. The van der Waals surface area contributed by atoms with Gasteiger partial charge in [-0.05, 0) is 44.7 Å². The second-order valence-electron chi connectivity index (χ2n) is 5.07. The number of aromatic nitrogens is 1. The van der Waals surface area contributed by atoms with Crippen LogP contribution in [0.25, 0.3) is 0 Å². The number of anilines is 1. The van der Waals surface area contributed by atoms with E-state index in [0.29, 0.717) is 11.0 Å². The zero-order valence-electron chi connectivity index (χ0n) is 11.3. The number of thiocarbonyl (C=S) groups is 1. The van der Waals surface area contributed by atoms with E-state index in [4.69, 9.17) is 18.0 Å². The van der Waals surface area contributed by atoms with Crippen LogP contribution >= 0.6 is 12.2 Å². The van der Waals surface area contributed by atoms with Gasteiger partial charge in [-0.2, -0.15) is 0 Å². The molecule has 19 heavy (non-hydrogen) atoms. The Morgan fingerprint density at radius 2 is 2.32 bits per heavy atom. The molecule has 0 amide bonds. The Bertz CT molecular complexity index is 462. The number of rotatable bonds is 4. The van der Waals surface area contributed by atoms with Crippen molar-refractivity contribution >= 4 is 23.0 Å². The van der Waals surface area contributed by atoms with Gasteiger partial charge in [0.2, 0.25) is 0 Å². The van der Waals surface area contributed by atoms with Crippen molar-refractivity contribution in [3.63, 3.8) is 0 Å². The van der Waals surface area contributed by atoms with Crippen molar-refractivity contribution in [3.8, 4) is 0 Å². The molecule has 1 saturated heterocycles. The first-order chi connectivity index (χ1) is 9.11. The van der Waals surface area contributed by atoms with E-state index in [1.54, 1.807) is 0 Å². The van der Waals surface area contributed by atoms with Gasteiger partial charge in [0.25, 0.3) is 0 Å². The quantitative estimate of drug-likeness (QED) is 0.822. The lowest BCUT2D eigenvalue weighted by molar-refractivity contribution is 0.262. The molecule has 2 rings (SSSR count). The number of aliphatic hydroxyl groups excluding tert-OH is 1. The van der Waals surface area contributed by atoms with Gasteiger partial charge in [-0.25, -0.2) is 4.98 Å². The minimum Gasteiger partial charge on any atom is -0.396 e. The Kier molecular flexibility index (Phi) is 4.71. The van der Waals surface area contributed by atoms with Crippen LogP contribution in [0.15, 0.2) is 12.1 Å². The molecule has 4 nitrogen and oxygen atoms in total. The highest BCUT2D eigenvalue weighted by atomic mass is 32.1. The fraction of sp³-hybridized carbons (Fsp3) is 0.571. The average molecular weight is 279 g/mol. The third-order valence-corrected chi connectivity index (χ3v) is 3.84. The average Bonchev–Trinajstić information content (AvgIpc) is 2.39. The largest absolute Gasteiger partial charge is 0.396 e. The van der Waals surface area contributed by atoms with Crippen LogP contribution in [-0.2, 0) is 0 Å². The first kappa shape index (κ1) is 14.2. The van der Waals surface area contributed by atoms with E-state index in [2.05, 4.69) is 9.88 Å². The summed E-state index contributed by atoms with van der Waals surface area (Å²) in [7, 11) is 0. The highest BCUT2D eigenvalue weighted by Gasteiger charge is 2.23. The second kappa shape index (κ2) is 6.30. The maximum Gasteiger partial charge on any atom is 0.129 e. The predicted octanol–water partition coefficient (Wildman–Crippen LogP) is 1.77. The van der Waals surface area contributed by atoms with E-state index in [1.165, 1.54) is 12.8 Å². The number of aryl methyl sites for hydroxylation is 1. The lowest BCUT2D eigenvalue weighted by atomic mass is 9.99. The monoisotopic (exact) mass is 279 g/mol. The Labute approximate surface area is 119 Å². The van der Waals surface area contributed by atoms with Gasteiger partial charge in [-0.1, -0.05) is 12.2 Å². The molecule has 104 valence electrons. The number of nitrogens with two attached hydrogens (primary N) is 1. The van der Waals surface area contributed by atoms with E-state index in [-0.39, 0.29) is 6.61 Å². The molecule has 1 atom stereocenters. The molecule has 1 unspecified atom stereocenters. The first-order valence-electron chi connectivity index (χ1n) is 6.78. The minimum absolute atomic E-state index is 0.217. The van der Waals surface area contributed by atoms with Gasteiger partial charge in [0, 0.05) is 30.5 Å². The van der Waals surface area contributed by atoms with Crippen molar-refractivity contribution in [2.24, 2.45) is 5.73 Å². The smallest absolute Gasteiger partial charge is 0.129 e. The fourth-order valence-electron chi connectivity index (χ4n) is 2.69. The van der Waals surface area contributed by atoms with E-state index >= 15 is 0 Å². The summed E-state index contributed by atoms with van der Waals surface area (Å²) in [5.41, 5.74) is 7.51. The Hall–Kier alpha value is -1.20. The van der Waals surface area contributed by atoms with Gasteiger partial charge < -0.3 is 15.7 Å². The first-order valence-corrected chi connectivity index (χ1v) is 7.18. The second-order valence-corrected chi connectivity index (χ2v) is 5.51. The third-order valence-electron chi connectivity index (χ3n) is 3.61. The Morgan fingerprint density at radius 3 is 3.00 bits per heavy atom. The van der Waals surface area contributed by atoms with Crippen LogP contribution in [0.5, 0.6) is 0 Å². The summed E-state index contributed by atoms with van der Waals surface area (Å²) in [5, 5.41) is 9.19. The van der Waals surface area contributed by atoms with Crippen LogP contribution in [-0.4, -0.2) is 34.3 Å².